The smallest absolute Gasteiger partial charge is 0.338 e. The Labute approximate surface area is 197 Å². The Morgan fingerprint density at radius 2 is 1.52 bits per heavy atom. The fourth-order valence-electron chi connectivity index (χ4n) is 4.37. The third-order valence-corrected chi connectivity index (χ3v) is 6.53. The molecule has 0 bridgehead atoms. The number of aliphatic imine (C=N–C) groups is 1. The second-order valence-electron chi connectivity index (χ2n) is 9.85. The maximum atomic E-state index is 12.7. The van der Waals surface area contributed by atoms with E-state index in [-0.39, 0.29) is 29.4 Å². The van der Waals surface area contributed by atoms with Crippen molar-refractivity contribution in [2.24, 2.45) is 4.99 Å². The number of fused-ring (bicyclic) bond motifs is 1. The van der Waals surface area contributed by atoms with Gasteiger partial charge >= 0.3 is 11.9 Å². The molecule has 0 N–H and O–H groups in total. The molecule has 0 fully saturated rings. The number of hydrogen-bond acceptors (Lipinski definition) is 5. The van der Waals surface area contributed by atoms with Crippen molar-refractivity contribution in [3.63, 3.8) is 0 Å². The first kappa shape index (κ1) is 24.7. The van der Waals surface area contributed by atoms with Gasteiger partial charge in [0.15, 0.2) is 0 Å². The zero-order valence-corrected chi connectivity index (χ0v) is 20.6. The van der Waals surface area contributed by atoms with Gasteiger partial charge in [-0.1, -0.05) is 45.9 Å². The molecule has 5 heteroatoms. The van der Waals surface area contributed by atoms with Crippen molar-refractivity contribution >= 4 is 23.8 Å². The average Bonchev–Trinajstić information content (AvgIpc) is 2.78. The third kappa shape index (κ3) is 5.52. The van der Waals surface area contributed by atoms with Gasteiger partial charge in [-0.25, -0.2) is 4.79 Å². The molecule has 1 aliphatic rings. The van der Waals surface area contributed by atoms with E-state index in [4.69, 9.17) is 9.47 Å². The van der Waals surface area contributed by atoms with Crippen molar-refractivity contribution in [1.29, 1.82) is 0 Å². The summed E-state index contributed by atoms with van der Waals surface area (Å²) in [6.45, 7) is 13.3. The molecule has 2 aromatic carbocycles. The molecule has 5 nitrogen and oxygen atoms in total. The topological polar surface area (TPSA) is 65.0 Å². The Morgan fingerprint density at radius 3 is 2.12 bits per heavy atom. The van der Waals surface area contributed by atoms with E-state index in [1.807, 2.05) is 6.07 Å². The molecular formula is C28H35NO4. The van der Waals surface area contributed by atoms with Crippen molar-refractivity contribution in [1.82, 2.24) is 0 Å². The summed E-state index contributed by atoms with van der Waals surface area (Å²) in [6.07, 6.45) is 3.92. The van der Waals surface area contributed by atoms with Gasteiger partial charge in [0.2, 0.25) is 0 Å². The standard InChI is InChI=1S/C28H35NO4/c1-7-32-25(30)20-11-9-19(10-12-20)22(26(31)33-8-2)18-29-21-13-14-23-24(17-21)28(5,6)16-15-27(23,3)4/h9-14,17-18,22H,7-8,15-16H2,1-6H3. The summed E-state index contributed by atoms with van der Waals surface area (Å²) >= 11 is 0. The average molecular weight is 450 g/mol. The lowest BCUT2D eigenvalue weighted by molar-refractivity contribution is -0.143. The summed E-state index contributed by atoms with van der Waals surface area (Å²) in [6, 6.07) is 13.2. The highest BCUT2D eigenvalue weighted by Gasteiger charge is 2.37. The van der Waals surface area contributed by atoms with Crippen LogP contribution in [-0.4, -0.2) is 31.4 Å². The first-order valence-corrected chi connectivity index (χ1v) is 11.7. The minimum atomic E-state index is -0.665. The molecule has 176 valence electrons. The van der Waals surface area contributed by atoms with Crippen molar-refractivity contribution in [2.75, 3.05) is 13.2 Å². The summed E-state index contributed by atoms with van der Waals surface area (Å²) < 4.78 is 10.3. The molecule has 0 spiro atoms. The molecule has 1 unspecified atom stereocenters. The molecule has 1 atom stereocenters. The zero-order chi connectivity index (χ0) is 24.2. The minimum Gasteiger partial charge on any atom is -0.465 e. The fourth-order valence-corrected chi connectivity index (χ4v) is 4.37. The van der Waals surface area contributed by atoms with Gasteiger partial charge in [0.05, 0.1) is 24.5 Å². The van der Waals surface area contributed by atoms with E-state index < -0.39 is 5.92 Å². The van der Waals surface area contributed by atoms with Gasteiger partial charge < -0.3 is 9.47 Å². The number of carbonyl (C=O) groups excluding carboxylic acids is 2. The highest BCUT2D eigenvalue weighted by Crippen LogP contribution is 2.46. The molecule has 33 heavy (non-hydrogen) atoms. The van der Waals surface area contributed by atoms with Crippen molar-refractivity contribution in [2.45, 2.75) is 71.1 Å². The summed E-state index contributed by atoms with van der Waals surface area (Å²) in [4.78, 5) is 29.3. The Kier molecular flexibility index (Phi) is 7.41. The van der Waals surface area contributed by atoms with Gasteiger partial charge in [-0.05, 0) is 78.5 Å². The van der Waals surface area contributed by atoms with Crippen LogP contribution in [0.15, 0.2) is 47.5 Å². The first-order valence-electron chi connectivity index (χ1n) is 11.7. The van der Waals surface area contributed by atoms with E-state index in [0.29, 0.717) is 17.7 Å². The van der Waals surface area contributed by atoms with E-state index in [0.717, 1.165) is 18.5 Å². The molecule has 1 aliphatic carbocycles. The lowest BCUT2D eigenvalue weighted by Crippen LogP contribution is -2.33. The van der Waals surface area contributed by atoms with Crippen LogP contribution >= 0.6 is 0 Å². The number of rotatable bonds is 7. The number of hydrogen-bond donors (Lipinski definition) is 0. The number of esters is 2. The van der Waals surface area contributed by atoms with Crippen LogP contribution in [-0.2, 0) is 25.1 Å². The van der Waals surface area contributed by atoms with Crippen LogP contribution in [0.2, 0.25) is 0 Å². The van der Waals surface area contributed by atoms with Crippen LogP contribution < -0.4 is 0 Å². The van der Waals surface area contributed by atoms with Crippen molar-refractivity contribution in [3.8, 4) is 0 Å². The number of carbonyl (C=O) groups is 2. The predicted molar refractivity (Wildman–Crippen MR) is 132 cm³/mol. The van der Waals surface area contributed by atoms with Gasteiger partial charge in [0.25, 0.3) is 0 Å². The second-order valence-corrected chi connectivity index (χ2v) is 9.85. The van der Waals surface area contributed by atoms with Crippen molar-refractivity contribution in [3.05, 3.63) is 64.7 Å². The van der Waals surface area contributed by atoms with E-state index in [1.165, 1.54) is 11.1 Å². The number of ether oxygens (including phenoxy) is 2. The van der Waals surface area contributed by atoms with E-state index in [2.05, 4.69) is 44.8 Å². The van der Waals surface area contributed by atoms with E-state index >= 15 is 0 Å². The Bertz CT molecular complexity index is 1030. The van der Waals surface area contributed by atoms with Gasteiger partial charge in [-0.15, -0.1) is 0 Å². The molecular weight excluding hydrogens is 414 g/mol. The lowest BCUT2D eigenvalue weighted by Gasteiger charge is -2.41. The maximum Gasteiger partial charge on any atom is 0.338 e. The summed E-state index contributed by atoms with van der Waals surface area (Å²) in [5.74, 6) is -1.42. The zero-order valence-electron chi connectivity index (χ0n) is 20.6. The van der Waals surface area contributed by atoms with Gasteiger partial charge in [0.1, 0.15) is 5.92 Å². The first-order chi connectivity index (χ1) is 15.6. The van der Waals surface area contributed by atoms with E-state index in [9.17, 15) is 9.59 Å². The van der Waals surface area contributed by atoms with Crippen LogP contribution in [0.5, 0.6) is 0 Å². The van der Waals surface area contributed by atoms with Gasteiger partial charge in [-0.2, -0.15) is 0 Å². The normalized spacial score (nSPS) is 17.3. The van der Waals surface area contributed by atoms with Crippen LogP contribution in [0.3, 0.4) is 0 Å². The predicted octanol–water partition coefficient (Wildman–Crippen LogP) is 6.26. The van der Waals surface area contributed by atoms with Crippen LogP contribution in [0, 0.1) is 0 Å². The molecule has 3 rings (SSSR count). The van der Waals surface area contributed by atoms with Crippen LogP contribution in [0.1, 0.15) is 87.4 Å². The second kappa shape index (κ2) is 9.90. The maximum absolute atomic E-state index is 12.7. The third-order valence-electron chi connectivity index (χ3n) is 6.53. The molecule has 0 radical (unpaired) electrons. The van der Waals surface area contributed by atoms with Crippen LogP contribution in [0.25, 0.3) is 0 Å². The molecule has 2 aromatic rings. The molecule has 0 aliphatic heterocycles. The SMILES string of the molecule is CCOC(=O)c1ccc(C(C=Nc2ccc3c(c2)C(C)(C)CCC3(C)C)C(=O)OCC)cc1. The van der Waals surface area contributed by atoms with Crippen molar-refractivity contribution < 1.29 is 19.1 Å². The Balaban J connectivity index is 1.92. The molecule has 0 amide bonds. The Hall–Kier alpha value is -2.95. The van der Waals surface area contributed by atoms with Crippen LogP contribution in [0.4, 0.5) is 5.69 Å². The largest absolute Gasteiger partial charge is 0.465 e. The summed E-state index contributed by atoms with van der Waals surface area (Å²) in [5.41, 5.74) is 4.89. The Morgan fingerprint density at radius 1 is 0.909 bits per heavy atom. The van der Waals surface area contributed by atoms with Gasteiger partial charge in [0, 0.05) is 6.21 Å². The molecule has 0 heterocycles. The highest BCUT2D eigenvalue weighted by molar-refractivity contribution is 5.97. The summed E-state index contributed by atoms with van der Waals surface area (Å²) in [5, 5.41) is 0. The highest BCUT2D eigenvalue weighted by atomic mass is 16.5. The van der Waals surface area contributed by atoms with E-state index in [1.54, 1.807) is 44.3 Å². The minimum absolute atomic E-state index is 0.0832. The number of nitrogens with zero attached hydrogens (tertiary/aromatic N) is 1. The molecule has 0 aromatic heterocycles. The quantitative estimate of drug-likeness (QED) is 0.369. The molecule has 0 saturated carbocycles. The number of benzene rings is 2. The molecule has 0 saturated heterocycles. The fraction of sp³-hybridized carbons (Fsp3) is 0.464. The monoisotopic (exact) mass is 449 g/mol. The summed E-state index contributed by atoms with van der Waals surface area (Å²) in [7, 11) is 0. The lowest BCUT2D eigenvalue weighted by atomic mass is 9.63. The van der Waals surface area contributed by atoms with Gasteiger partial charge in [-0.3, -0.25) is 9.79 Å².